The van der Waals surface area contributed by atoms with Crippen LogP contribution in [0, 0.1) is 6.92 Å². The van der Waals surface area contributed by atoms with Gasteiger partial charge in [0.25, 0.3) is 5.56 Å². The van der Waals surface area contributed by atoms with Crippen LogP contribution in [0.4, 0.5) is 23.0 Å². The van der Waals surface area contributed by atoms with Crippen molar-refractivity contribution in [1.29, 1.82) is 0 Å². The fraction of sp³-hybridized carbons (Fsp3) is 0.250. The quantitative estimate of drug-likeness (QED) is 0.556. The largest absolute Gasteiger partial charge is 0.382 e. The van der Waals surface area contributed by atoms with Gasteiger partial charge in [-0.25, -0.2) is 0 Å². The maximum atomic E-state index is 11.5. The number of nitrogens with two attached hydrogens (primary N) is 2. The first-order valence-corrected chi connectivity index (χ1v) is 4.77. The zero-order valence-corrected chi connectivity index (χ0v) is 9.35. The van der Waals surface area contributed by atoms with Crippen LogP contribution in [0.1, 0.15) is 5.69 Å². The standard InChI is InChI=1S/C8H12N8O/c1-3-4(8(17)15-16(3)2)11-12-5-6(9)13-14-7(5)10/h1-2H3,(H,15,17)(H5,9,10,13,14)/b12-11+. The number of rotatable bonds is 2. The highest BCUT2D eigenvalue weighted by molar-refractivity contribution is 5.70. The van der Waals surface area contributed by atoms with Crippen molar-refractivity contribution in [2.75, 3.05) is 11.5 Å². The SMILES string of the molecule is Cc1c(/N=N/c2c(N)n[nH]c2N)c(=O)[nH]n1C. The molecule has 17 heavy (non-hydrogen) atoms. The van der Waals surface area contributed by atoms with Crippen LogP contribution in [-0.2, 0) is 7.05 Å². The maximum Gasteiger partial charge on any atom is 0.292 e. The summed E-state index contributed by atoms with van der Waals surface area (Å²) in [5.41, 5.74) is 11.8. The lowest BCUT2D eigenvalue weighted by Gasteiger charge is -1.93. The van der Waals surface area contributed by atoms with Crippen molar-refractivity contribution in [2.45, 2.75) is 6.92 Å². The molecule has 0 fully saturated rings. The van der Waals surface area contributed by atoms with Gasteiger partial charge in [-0.3, -0.25) is 19.7 Å². The highest BCUT2D eigenvalue weighted by Crippen LogP contribution is 2.27. The average Bonchev–Trinajstić information content (AvgIpc) is 2.70. The van der Waals surface area contributed by atoms with Crippen molar-refractivity contribution in [3.05, 3.63) is 16.0 Å². The molecule has 0 aromatic carbocycles. The van der Waals surface area contributed by atoms with E-state index in [1.165, 1.54) is 0 Å². The molecule has 0 atom stereocenters. The second-order valence-corrected chi connectivity index (χ2v) is 3.51. The summed E-state index contributed by atoms with van der Waals surface area (Å²) in [5.74, 6) is 0.340. The van der Waals surface area contributed by atoms with Gasteiger partial charge in [0, 0.05) is 7.05 Å². The molecule has 0 aliphatic heterocycles. The third-order valence-electron chi connectivity index (χ3n) is 2.37. The van der Waals surface area contributed by atoms with Crippen LogP contribution < -0.4 is 17.0 Å². The molecule has 0 radical (unpaired) electrons. The highest BCUT2D eigenvalue weighted by Gasteiger charge is 2.10. The predicted molar refractivity (Wildman–Crippen MR) is 62.4 cm³/mol. The van der Waals surface area contributed by atoms with Gasteiger partial charge in [-0.15, -0.1) is 10.2 Å². The van der Waals surface area contributed by atoms with E-state index >= 15 is 0 Å². The van der Waals surface area contributed by atoms with Crippen molar-refractivity contribution in [2.24, 2.45) is 17.3 Å². The van der Waals surface area contributed by atoms with Gasteiger partial charge in [-0.05, 0) is 6.92 Å². The first-order valence-electron chi connectivity index (χ1n) is 4.77. The molecule has 0 aliphatic rings. The molecule has 0 saturated carbocycles. The second-order valence-electron chi connectivity index (χ2n) is 3.51. The van der Waals surface area contributed by atoms with E-state index < -0.39 is 0 Å². The van der Waals surface area contributed by atoms with Gasteiger partial charge in [-0.1, -0.05) is 0 Å². The molecular formula is C8H12N8O. The molecule has 2 heterocycles. The normalized spacial score (nSPS) is 11.4. The van der Waals surface area contributed by atoms with Gasteiger partial charge in [0.15, 0.2) is 17.2 Å². The summed E-state index contributed by atoms with van der Waals surface area (Å²) in [5, 5.41) is 16.3. The van der Waals surface area contributed by atoms with E-state index in [2.05, 4.69) is 25.5 Å². The van der Waals surface area contributed by atoms with Gasteiger partial charge >= 0.3 is 0 Å². The Kier molecular flexibility index (Phi) is 2.42. The second kappa shape index (κ2) is 3.77. The van der Waals surface area contributed by atoms with Gasteiger partial charge in [0.2, 0.25) is 0 Å². The van der Waals surface area contributed by atoms with Crippen LogP contribution in [0.5, 0.6) is 0 Å². The van der Waals surface area contributed by atoms with E-state index in [1.54, 1.807) is 18.7 Å². The van der Waals surface area contributed by atoms with Crippen LogP contribution in [0.25, 0.3) is 0 Å². The lowest BCUT2D eigenvalue weighted by Crippen LogP contribution is -2.01. The van der Waals surface area contributed by atoms with Crippen molar-refractivity contribution in [3.8, 4) is 0 Å². The number of azo groups is 1. The topological polar surface area (TPSA) is 143 Å². The Morgan fingerprint density at radius 3 is 2.41 bits per heavy atom. The number of anilines is 2. The molecule has 0 bridgehead atoms. The lowest BCUT2D eigenvalue weighted by molar-refractivity contribution is 0.731. The number of nitrogens with zero attached hydrogens (tertiary/aromatic N) is 4. The minimum atomic E-state index is -0.325. The first-order chi connectivity index (χ1) is 8.00. The summed E-state index contributed by atoms with van der Waals surface area (Å²) < 4.78 is 1.55. The molecule has 0 spiro atoms. The molecule has 6 N–H and O–H groups in total. The molecule has 9 heteroatoms. The molecular weight excluding hydrogens is 224 g/mol. The number of nitrogen functional groups attached to an aromatic ring is 2. The summed E-state index contributed by atoms with van der Waals surface area (Å²) in [4.78, 5) is 11.5. The van der Waals surface area contributed by atoms with Crippen molar-refractivity contribution >= 4 is 23.0 Å². The van der Waals surface area contributed by atoms with E-state index in [0.29, 0.717) is 5.69 Å². The Bertz CT molecular complexity index is 611. The Labute approximate surface area is 95.5 Å². The minimum absolute atomic E-state index is 0.135. The third-order valence-corrected chi connectivity index (χ3v) is 2.37. The van der Waals surface area contributed by atoms with Crippen LogP contribution in [-0.4, -0.2) is 20.0 Å². The molecule has 0 amide bonds. The number of hydrogen-bond donors (Lipinski definition) is 4. The maximum absolute atomic E-state index is 11.5. The van der Waals surface area contributed by atoms with E-state index in [-0.39, 0.29) is 28.6 Å². The Hall–Kier alpha value is -2.58. The highest BCUT2D eigenvalue weighted by atomic mass is 16.1. The molecule has 2 rings (SSSR count). The zero-order chi connectivity index (χ0) is 12.6. The number of nitrogens with one attached hydrogen (secondary N) is 2. The summed E-state index contributed by atoms with van der Waals surface area (Å²) in [6.07, 6.45) is 0. The van der Waals surface area contributed by atoms with Crippen molar-refractivity contribution in [3.63, 3.8) is 0 Å². The van der Waals surface area contributed by atoms with Gasteiger partial charge < -0.3 is 11.5 Å². The van der Waals surface area contributed by atoms with Gasteiger partial charge in [0.05, 0.1) is 5.69 Å². The summed E-state index contributed by atoms with van der Waals surface area (Å²) >= 11 is 0. The summed E-state index contributed by atoms with van der Waals surface area (Å²) in [6, 6.07) is 0. The third kappa shape index (κ3) is 1.77. The van der Waals surface area contributed by atoms with Gasteiger partial charge in [-0.2, -0.15) is 5.10 Å². The predicted octanol–water partition coefficient (Wildman–Crippen LogP) is 0.325. The van der Waals surface area contributed by atoms with Crippen molar-refractivity contribution in [1.82, 2.24) is 20.0 Å². The fourth-order valence-corrected chi connectivity index (χ4v) is 1.30. The number of hydrogen-bond acceptors (Lipinski definition) is 6. The number of aromatic nitrogens is 4. The van der Waals surface area contributed by atoms with E-state index in [9.17, 15) is 4.79 Å². The molecule has 0 unspecified atom stereocenters. The molecule has 0 saturated heterocycles. The lowest BCUT2D eigenvalue weighted by atomic mass is 10.4. The summed E-state index contributed by atoms with van der Waals surface area (Å²) in [7, 11) is 1.70. The smallest absolute Gasteiger partial charge is 0.292 e. The number of aromatic amines is 2. The number of aryl methyl sites for hydroxylation is 1. The van der Waals surface area contributed by atoms with E-state index in [4.69, 9.17) is 11.5 Å². The van der Waals surface area contributed by atoms with Crippen LogP contribution in [0.2, 0.25) is 0 Å². The number of H-pyrrole nitrogens is 2. The minimum Gasteiger partial charge on any atom is -0.382 e. The van der Waals surface area contributed by atoms with E-state index in [1.807, 2.05) is 0 Å². The molecule has 0 aliphatic carbocycles. The van der Waals surface area contributed by atoms with Crippen LogP contribution in [0.15, 0.2) is 15.0 Å². The zero-order valence-electron chi connectivity index (χ0n) is 9.35. The fourth-order valence-electron chi connectivity index (χ4n) is 1.30. The Balaban J connectivity index is 2.42. The monoisotopic (exact) mass is 236 g/mol. The molecule has 90 valence electrons. The average molecular weight is 236 g/mol. The van der Waals surface area contributed by atoms with Crippen LogP contribution >= 0.6 is 0 Å². The van der Waals surface area contributed by atoms with Crippen molar-refractivity contribution < 1.29 is 0 Å². The molecule has 9 nitrogen and oxygen atoms in total. The van der Waals surface area contributed by atoms with Crippen LogP contribution in [0.3, 0.4) is 0 Å². The Morgan fingerprint density at radius 2 is 1.94 bits per heavy atom. The molecule has 2 aromatic heterocycles. The molecule has 2 aromatic rings. The summed E-state index contributed by atoms with van der Waals surface area (Å²) in [6.45, 7) is 1.74. The first kappa shape index (κ1) is 10.9. The van der Waals surface area contributed by atoms with E-state index in [0.717, 1.165) is 0 Å². The Morgan fingerprint density at radius 1 is 1.29 bits per heavy atom. The van der Waals surface area contributed by atoms with Gasteiger partial charge in [0.1, 0.15) is 5.82 Å².